The Hall–Kier alpha value is -0.820. The zero-order valence-corrected chi connectivity index (χ0v) is 9.38. The molecule has 18 heavy (non-hydrogen) atoms. The Balaban J connectivity index is 5.34. The second-order valence-electron chi connectivity index (χ2n) is 3.86. The van der Waals surface area contributed by atoms with E-state index in [2.05, 4.69) is 0 Å². The number of rotatable bonds is 6. The van der Waals surface area contributed by atoms with Crippen molar-refractivity contribution < 1.29 is 35.1 Å². The van der Waals surface area contributed by atoms with Crippen LogP contribution in [0.3, 0.4) is 0 Å². The van der Waals surface area contributed by atoms with Gasteiger partial charge in [0.2, 0.25) is 0 Å². The highest BCUT2D eigenvalue weighted by Crippen LogP contribution is 2.50. The van der Waals surface area contributed by atoms with Crippen molar-refractivity contribution in [2.24, 2.45) is 5.92 Å². The fraction of sp³-hybridized carbons (Fsp3) is 0.800. The van der Waals surface area contributed by atoms with Crippen molar-refractivity contribution in [1.29, 1.82) is 0 Å². The van der Waals surface area contributed by atoms with Gasteiger partial charge < -0.3 is 0 Å². The third-order valence-electron chi connectivity index (χ3n) is 2.58. The van der Waals surface area contributed by atoms with Gasteiger partial charge in [-0.25, -0.2) is 17.6 Å². The molecule has 0 aromatic carbocycles. The van der Waals surface area contributed by atoms with Crippen LogP contribution in [0, 0.1) is 5.92 Å². The molecular formula is C10H12F8. The Labute approximate surface area is 98.7 Å². The van der Waals surface area contributed by atoms with Crippen molar-refractivity contribution in [3.63, 3.8) is 0 Å². The molecular weight excluding hydrogens is 272 g/mol. The zero-order chi connectivity index (χ0) is 14.6. The van der Waals surface area contributed by atoms with Gasteiger partial charge in [0.1, 0.15) is 0 Å². The molecule has 2 atom stereocenters. The van der Waals surface area contributed by atoms with E-state index in [0.29, 0.717) is 6.92 Å². The molecule has 0 fully saturated rings. The summed E-state index contributed by atoms with van der Waals surface area (Å²) in [4.78, 5) is 0. The normalized spacial score (nSPS) is 18.9. The van der Waals surface area contributed by atoms with Crippen molar-refractivity contribution >= 4 is 0 Å². The molecule has 0 saturated heterocycles. The van der Waals surface area contributed by atoms with Gasteiger partial charge in [-0.1, -0.05) is 6.92 Å². The number of hydrogen-bond acceptors (Lipinski definition) is 0. The monoisotopic (exact) mass is 284 g/mol. The van der Waals surface area contributed by atoms with Gasteiger partial charge in [-0.15, -0.1) is 0 Å². The first-order valence-electron chi connectivity index (χ1n) is 5.02. The predicted octanol–water partition coefficient (Wildman–Crippen LogP) is 4.76. The molecule has 0 aromatic rings. The molecule has 0 aliphatic carbocycles. The maximum absolute atomic E-state index is 13.5. The lowest BCUT2D eigenvalue weighted by Crippen LogP contribution is -2.56. The minimum absolute atomic E-state index is 0.427. The first-order valence-corrected chi connectivity index (χ1v) is 5.02. The summed E-state index contributed by atoms with van der Waals surface area (Å²) in [6.07, 6.45) is -8.82. The first-order chi connectivity index (χ1) is 8.04. The third kappa shape index (κ3) is 3.14. The van der Waals surface area contributed by atoms with Gasteiger partial charge >= 0.3 is 6.18 Å². The van der Waals surface area contributed by atoms with Crippen LogP contribution in [0.4, 0.5) is 35.1 Å². The number of halogens is 8. The van der Waals surface area contributed by atoms with Gasteiger partial charge in [0, 0.05) is 5.92 Å². The van der Waals surface area contributed by atoms with E-state index < -0.39 is 55.6 Å². The minimum atomic E-state index is -5.97. The van der Waals surface area contributed by atoms with Crippen molar-refractivity contribution in [3.05, 3.63) is 12.4 Å². The molecule has 0 aromatic heterocycles. The van der Waals surface area contributed by atoms with Crippen molar-refractivity contribution in [3.8, 4) is 0 Å². The summed E-state index contributed by atoms with van der Waals surface area (Å²) in [6.45, 7) is -0.355. The Morgan fingerprint density at radius 1 is 1.06 bits per heavy atom. The molecule has 0 spiro atoms. The molecule has 0 aliphatic rings. The zero-order valence-electron chi connectivity index (χ0n) is 9.38. The highest BCUT2D eigenvalue weighted by molar-refractivity contribution is 5.13. The molecule has 0 aliphatic heterocycles. The van der Waals surface area contributed by atoms with Crippen LogP contribution in [0.2, 0.25) is 0 Å². The summed E-state index contributed by atoms with van der Waals surface area (Å²) in [7, 11) is 0. The van der Waals surface area contributed by atoms with E-state index in [4.69, 9.17) is 0 Å². The fourth-order valence-electron chi connectivity index (χ4n) is 1.40. The van der Waals surface area contributed by atoms with E-state index in [-0.39, 0.29) is 0 Å². The van der Waals surface area contributed by atoms with Crippen LogP contribution in [0.5, 0.6) is 0 Å². The Morgan fingerprint density at radius 2 is 1.56 bits per heavy atom. The molecule has 0 radical (unpaired) electrons. The lowest BCUT2D eigenvalue weighted by Gasteiger charge is -2.36. The summed E-state index contributed by atoms with van der Waals surface area (Å²) < 4.78 is 101. The van der Waals surface area contributed by atoms with Gasteiger partial charge in [0.25, 0.3) is 11.6 Å². The third-order valence-corrected chi connectivity index (χ3v) is 2.58. The largest absolute Gasteiger partial charge is 0.432 e. The van der Waals surface area contributed by atoms with Crippen LogP contribution in [0.15, 0.2) is 12.4 Å². The van der Waals surface area contributed by atoms with Crippen molar-refractivity contribution in [1.82, 2.24) is 0 Å². The van der Waals surface area contributed by atoms with E-state index in [1.807, 2.05) is 0 Å². The maximum Gasteiger partial charge on any atom is 0.432 e. The highest BCUT2D eigenvalue weighted by Gasteiger charge is 2.71. The van der Waals surface area contributed by atoms with Crippen LogP contribution in [-0.4, -0.2) is 24.4 Å². The molecule has 0 saturated carbocycles. The molecule has 0 bridgehead atoms. The summed E-state index contributed by atoms with van der Waals surface area (Å²) >= 11 is 0. The van der Waals surface area contributed by atoms with E-state index in [0.717, 1.165) is 0 Å². The molecule has 8 heteroatoms. The maximum atomic E-state index is 13.5. The molecule has 2 unspecified atom stereocenters. The second-order valence-corrected chi connectivity index (χ2v) is 3.86. The standard InChI is InChI=1S/C10H12F8/c1-7(3-2-5-11)9(14,15)8(13,4-6-12)10(16,17)18/h4,6-7H,2-3,5H2,1H3. The smallest absolute Gasteiger partial charge is 0.251 e. The SMILES string of the molecule is CC(CCCF)C(F)(F)C(F)(C=CF)C(F)(F)F. The van der Waals surface area contributed by atoms with Gasteiger partial charge in [0.15, 0.2) is 0 Å². The molecule has 0 rings (SSSR count). The quantitative estimate of drug-likeness (QED) is 0.617. The van der Waals surface area contributed by atoms with Crippen LogP contribution >= 0.6 is 0 Å². The second kappa shape index (κ2) is 5.88. The van der Waals surface area contributed by atoms with Crippen LogP contribution in [0.25, 0.3) is 0 Å². The lowest BCUT2D eigenvalue weighted by molar-refractivity contribution is -0.294. The predicted molar refractivity (Wildman–Crippen MR) is 49.5 cm³/mol. The van der Waals surface area contributed by atoms with Gasteiger partial charge in [0.05, 0.1) is 13.0 Å². The first kappa shape index (κ1) is 17.2. The average molecular weight is 284 g/mol. The number of hydrogen-bond donors (Lipinski definition) is 0. The summed E-state index contributed by atoms with van der Waals surface area (Å²) in [5.74, 6) is -6.97. The van der Waals surface area contributed by atoms with E-state index in [1.165, 1.54) is 0 Å². The number of alkyl halides is 7. The van der Waals surface area contributed by atoms with E-state index in [9.17, 15) is 35.1 Å². The van der Waals surface area contributed by atoms with Crippen LogP contribution < -0.4 is 0 Å². The van der Waals surface area contributed by atoms with E-state index >= 15 is 0 Å². The van der Waals surface area contributed by atoms with Crippen molar-refractivity contribution in [2.75, 3.05) is 6.67 Å². The molecule has 108 valence electrons. The van der Waals surface area contributed by atoms with Gasteiger partial charge in [-0.2, -0.15) is 13.2 Å². The summed E-state index contributed by atoms with van der Waals surface area (Å²) in [6, 6.07) is 0. The van der Waals surface area contributed by atoms with E-state index in [1.54, 1.807) is 0 Å². The number of allylic oxidation sites excluding steroid dienone is 1. The van der Waals surface area contributed by atoms with Crippen LogP contribution in [0.1, 0.15) is 19.8 Å². The topological polar surface area (TPSA) is 0 Å². The fourth-order valence-corrected chi connectivity index (χ4v) is 1.40. The molecule has 0 amide bonds. The van der Waals surface area contributed by atoms with Crippen molar-refractivity contribution in [2.45, 2.75) is 37.5 Å². The van der Waals surface area contributed by atoms with Gasteiger partial charge in [-0.05, 0) is 18.9 Å². The minimum Gasteiger partial charge on any atom is -0.251 e. The highest BCUT2D eigenvalue weighted by atomic mass is 19.4. The lowest BCUT2D eigenvalue weighted by atomic mass is 9.85. The Morgan fingerprint density at radius 3 is 1.89 bits per heavy atom. The van der Waals surface area contributed by atoms with Crippen LogP contribution in [-0.2, 0) is 0 Å². The Kier molecular flexibility index (Phi) is 5.61. The van der Waals surface area contributed by atoms with Gasteiger partial charge in [-0.3, -0.25) is 4.39 Å². The summed E-state index contributed by atoms with van der Waals surface area (Å²) in [5, 5.41) is 0. The average Bonchev–Trinajstić information content (AvgIpc) is 2.24. The molecule has 0 N–H and O–H groups in total. The molecule has 0 heterocycles. The summed E-state index contributed by atoms with van der Waals surface area (Å²) in [5.41, 5.74) is -5.11. The Bertz CT molecular complexity index is 282. The molecule has 0 nitrogen and oxygen atoms in total.